The molecule has 1 N–H and O–H groups in total. The minimum absolute atomic E-state index is 0.0419. The fraction of sp³-hybridized carbons (Fsp3) is 0.774. The van der Waals surface area contributed by atoms with E-state index in [9.17, 15) is 5.11 Å². The zero-order valence-electron chi connectivity index (χ0n) is 24.0. The molecule has 2 aromatic heterocycles. The lowest BCUT2D eigenvalue weighted by Crippen LogP contribution is -2.38. The van der Waals surface area contributed by atoms with Crippen LogP contribution in [0.15, 0.2) is 18.3 Å². The fourth-order valence-corrected chi connectivity index (χ4v) is 6.65. The SMILES string of the molecule is CC(C)C(CCCCCCCCCOCCCCc1c(CO)nc2cc(Cl)ccn12)(C(C)C)C(C)C. The third-order valence-corrected chi connectivity index (χ3v) is 8.73. The lowest BCUT2D eigenvalue weighted by Gasteiger charge is -2.45. The maximum atomic E-state index is 9.65. The lowest BCUT2D eigenvalue weighted by atomic mass is 9.60. The standard InChI is InChI=1S/C31H53ClN2O2/c1-24(2)31(25(3)4,26(5)6)18-13-10-8-7-9-11-14-20-36-21-15-12-16-29-28(23-35)33-30-22-27(32)17-19-34(29)30/h17,19,22,24-26,35H,7-16,18,20-21,23H2,1-6H3. The summed E-state index contributed by atoms with van der Waals surface area (Å²) in [7, 11) is 0. The number of aromatic nitrogens is 2. The highest BCUT2D eigenvalue weighted by atomic mass is 35.5. The van der Waals surface area contributed by atoms with Crippen LogP contribution in [-0.4, -0.2) is 27.7 Å². The molecule has 0 radical (unpaired) electrons. The van der Waals surface area contributed by atoms with Gasteiger partial charge in [-0.05, 0) is 61.3 Å². The van der Waals surface area contributed by atoms with Crippen LogP contribution in [0.4, 0.5) is 0 Å². The average Bonchev–Trinajstić information content (AvgIpc) is 3.17. The molecule has 0 aliphatic heterocycles. The molecule has 0 aliphatic rings. The molecular formula is C31H53ClN2O2. The summed E-state index contributed by atoms with van der Waals surface area (Å²) in [4.78, 5) is 4.50. The van der Waals surface area contributed by atoms with E-state index in [2.05, 4.69) is 46.5 Å². The smallest absolute Gasteiger partial charge is 0.138 e. The van der Waals surface area contributed by atoms with Crippen LogP contribution in [0.3, 0.4) is 0 Å². The average molecular weight is 521 g/mol. The molecule has 0 aromatic carbocycles. The van der Waals surface area contributed by atoms with Gasteiger partial charge in [0, 0.05) is 36.2 Å². The second kappa shape index (κ2) is 16.0. The number of hydrogen-bond donors (Lipinski definition) is 1. The summed E-state index contributed by atoms with van der Waals surface area (Å²) in [5.41, 5.74) is 3.11. The van der Waals surface area contributed by atoms with Crippen LogP contribution < -0.4 is 0 Å². The summed E-state index contributed by atoms with van der Waals surface area (Å²) in [5, 5.41) is 10.3. The molecule has 0 atom stereocenters. The van der Waals surface area contributed by atoms with Gasteiger partial charge in [-0.3, -0.25) is 0 Å². The number of hydrogen-bond acceptors (Lipinski definition) is 3. The van der Waals surface area contributed by atoms with E-state index in [-0.39, 0.29) is 6.61 Å². The molecule has 4 nitrogen and oxygen atoms in total. The van der Waals surface area contributed by atoms with E-state index in [0.717, 1.165) is 67.3 Å². The van der Waals surface area contributed by atoms with E-state index in [1.54, 1.807) is 0 Å². The molecule has 0 aliphatic carbocycles. The van der Waals surface area contributed by atoms with E-state index in [1.165, 1.54) is 51.4 Å². The highest BCUT2D eigenvalue weighted by molar-refractivity contribution is 6.30. The number of nitrogens with zero attached hydrogens (tertiary/aromatic N) is 2. The van der Waals surface area contributed by atoms with Gasteiger partial charge in [0.1, 0.15) is 5.65 Å². The Labute approximate surface area is 226 Å². The van der Waals surface area contributed by atoms with E-state index in [4.69, 9.17) is 16.3 Å². The highest BCUT2D eigenvalue weighted by Gasteiger charge is 2.39. The maximum Gasteiger partial charge on any atom is 0.138 e. The first kappa shape index (κ1) is 31.1. The predicted octanol–water partition coefficient (Wildman–Crippen LogP) is 8.89. The Hall–Kier alpha value is -1.10. The first-order chi connectivity index (χ1) is 17.2. The zero-order chi connectivity index (χ0) is 26.6. The van der Waals surface area contributed by atoms with Crippen LogP contribution in [0.5, 0.6) is 0 Å². The van der Waals surface area contributed by atoms with Crippen molar-refractivity contribution >= 4 is 17.2 Å². The van der Waals surface area contributed by atoms with Gasteiger partial charge in [-0.15, -0.1) is 0 Å². The van der Waals surface area contributed by atoms with Crippen molar-refractivity contribution in [1.29, 1.82) is 0 Å². The number of ether oxygens (including phenoxy) is 1. The van der Waals surface area contributed by atoms with Crippen molar-refractivity contribution in [2.24, 2.45) is 23.2 Å². The Balaban J connectivity index is 1.50. The summed E-state index contributed by atoms with van der Waals surface area (Å²) in [6, 6.07) is 3.70. The number of unbranched alkanes of at least 4 members (excludes halogenated alkanes) is 7. The van der Waals surface area contributed by atoms with Crippen molar-refractivity contribution < 1.29 is 9.84 Å². The lowest BCUT2D eigenvalue weighted by molar-refractivity contribution is 0.0356. The van der Waals surface area contributed by atoms with Gasteiger partial charge in [-0.25, -0.2) is 4.98 Å². The second-order valence-corrected chi connectivity index (χ2v) is 12.0. The molecule has 0 saturated carbocycles. The highest BCUT2D eigenvalue weighted by Crippen LogP contribution is 2.47. The number of imidazole rings is 1. The third kappa shape index (κ3) is 8.74. The van der Waals surface area contributed by atoms with Crippen LogP contribution in [-0.2, 0) is 17.8 Å². The predicted molar refractivity (Wildman–Crippen MR) is 154 cm³/mol. The van der Waals surface area contributed by atoms with Crippen molar-refractivity contribution in [2.45, 2.75) is 119 Å². The third-order valence-electron chi connectivity index (χ3n) is 8.50. The normalized spacial score (nSPS) is 12.6. The van der Waals surface area contributed by atoms with Gasteiger partial charge in [0.2, 0.25) is 0 Å². The molecule has 0 spiro atoms. The van der Waals surface area contributed by atoms with Crippen LogP contribution in [0.1, 0.15) is 117 Å². The number of aliphatic hydroxyl groups excluding tert-OH is 1. The first-order valence-corrected chi connectivity index (χ1v) is 15.0. The molecule has 5 heteroatoms. The quantitative estimate of drug-likeness (QED) is 0.188. The molecule has 0 saturated heterocycles. The number of aliphatic hydroxyl groups is 1. The van der Waals surface area contributed by atoms with Gasteiger partial charge >= 0.3 is 0 Å². The summed E-state index contributed by atoms with van der Waals surface area (Å²) in [5.74, 6) is 2.25. The van der Waals surface area contributed by atoms with Crippen LogP contribution in [0, 0.1) is 23.2 Å². The largest absolute Gasteiger partial charge is 0.390 e. The van der Waals surface area contributed by atoms with E-state index < -0.39 is 0 Å². The molecule has 2 rings (SSSR count). The molecule has 36 heavy (non-hydrogen) atoms. The Morgan fingerprint density at radius 2 is 1.42 bits per heavy atom. The summed E-state index contributed by atoms with van der Waals surface area (Å²) >= 11 is 6.07. The molecule has 0 unspecified atom stereocenters. The topological polar surface area (TPSA) is 46.8 Å². The molecule has 206 valence electrons. The van der Waals surface area contributed by atoms with E-state index >= 15 is 0 Å². The maximum absolute atomic E-state index is 9.65. The van der Waals surface area contributed by atoms with Crippen LogP contribution in [0.2, 0.25) is 5.02 Å². The van der Waals surface area contributed by atoms with Crippen molar-refractivity contribution in [3.05, 3.63) is 34.7 Å². The Morgan fingerprint density at radius 1 is 0.861 bits per heavy atom. The van der Waals surface area contributed by atoms with Gasteiger partial charge in [0.15, 0.2) is 0 Å². The Kier molecular flexibility index (Phi) is 13.8. The number of halogens is 1. The molecule has 2 heterocycles. The Morgan fingerprint density at radius 3 is 2.00 bits per heavy atom. The number of aryl methyl sites for hydroxylation is 1. The molecule has 2 aromatic rings. The van der Waals surface area contributed by atoms with Crippen molar-refractivity contribution in [3.63, 3.8) is 0 Å². The van der Waals surface area contributed by atoms with Crippen molar-refractivity contribution in [3.8, 4) is 0 Å². The molecular weight excluding hydrogens is 468 g/mol. The molecule has 0 bridgehead atoms. The Bertz CT molecular complexity index is 853. The summed E-state index contributed by atoms with van der Waals surface area (Å²) in [6.07, 6.45) is 15.5. The van der Waals surface area contributed by atoms with E-state index in [0.29, 0.717) is 10.4 Å². The number of fused-ring (bicyclic) bond motifs is 1. The monoisotopic (exact) mass is 520 g/mol. The van der Waals surface area contributed by atoms with Gasteiger partial charge < -0.3 is 14.2 Å². The van der Waals surface area contributed by atoms with Crippen LogP contribution in [0.25, 0.3) is 5.65 Å². The van der Waals surface area contributed by atoms with Gasteiger partial charge in [-0.2, -0.15) is 0 Å². The van der Waals surface area contributed by atoms with Gasteiger partial charge in [-0.1, -0.05) is 91.7 Å². The van der Waals surface area contributed by atoms with E-state index in [1.807, 2.05) is 22.7 Å². The first-order valence-electron chi connectivity index (χ1n) is 14.6. The minimum atomic E-state index is -0.0419. The van der Waals surface area contributed by atoms with Crippen LogP contribution >= 0.6 is 11.6 Å². The molecule has 0 fully saturated rings. The summed E-state index contributed by atoms with van der Waals surface area (Å²) < 4.78 is 7.91. The van der Waals surface area contributed by atoms with Crippen molar-refractivity contribution in [2.75, 3.05) is 13.2 Å². The van der Waals surface area contributed by atoms with Gasteiger partial charge in [0.25, 0.3) is 0 Å². The van der Waals surface area contributed by atoms with Gasteiger partial charge in [0.05, 0.1) is 12.3 Å². The number of rotatable bonds is 19. The fourth-order valence-electron chi connectivity index (χ4n) is 6.49. The second-order valence-electron chi connectivity index (χ2n) is 11.6. The molecule has 0 amide bonds. The summed E-state index contributed by atoms with van der Waals surface area (Å²) in [6.45, 7) is 16.2. The number of pyridine rings is 1. The van der Waals surface area contributed by atoms with Crippen molar-refractivity contribution in [1.82, 2.24) is 9.38 Å². The minimum Gasteiger partial charge on any atom is -0.390 e. The zero-order valence-corrected chi connectivity index (χ0v) is 24.7.